The summed E-state index contributed by atoms with van der Waals surface area (Å²) in [6.07, 6.45) is 3.33. The second kappa shape index (κ2) is 8.42. The molecule has 0 saturated carbocycles. The first-order chi connectivity index (χ1) is 16.0. The van der Waals surface area contributed by atoms with Gasteiger partial charge < -0.3 is 20.4 Å². The second-order valence-electron chi connectivity index (χ2n) is 8.14. The number of aromatic hydroxyl groups is 1. The van der Waals surface area contributed by atoms with E-state index in [1.54, 1.807) is 6.07 Å². The Bertz CT molecular complexity index is 1340. The summed E-state index contributed by atoms with van der Waals surface area (Å²) in [4.78, 5) is 30.2. The number of nitrogens with zero attached hydrogens (tertiary/aromatic N) is 4. The summed E-state index contributed by atoms with van der Waals surface area (Å²) in [5.41, 5.74) is 2.56. The summed E-state index contributed by atoms with van der Waals surface area (Å²) in [5, 5.41) is 27.5. The van der Waals surface area contributed by atoms with Crippen LogP contribution in [0.3, 0.4) is 0 Å². The Labute approximate surface area is 189 Å². The molecule has 3 N–H and O–H groups in total. The van der Waals surface area contributed by atoms with Crippen LogP contribution in [0.1, 0.15) is 34.8 Å². The summed E-state index contributed by atoms with van der Waals surface area (Å²) in [7, 11) is 0. The van der Waals surface area contributed by atoms with Crippen LogP contribution in [0.4, 0.5) is 5.69 Å². The lowest BCUT2D eigenvalue weighted by Gasteiger charge is -2.34. The Morgan fingerprint density at radius 2 is 1.82 bits per heavy atom. The highest BCUT2D eigenvalue weighted by molar-refractivity contribution is 6.11. The zero-order valence-electron chi connectivity index (χ0n) is 17.8. The Balaban J connectivity index is 1.53. The molecule has 1 amide bonds. The molecule has 0 radical (unpaired) electrons. The second-order valence-corrected chi connectivity index (χ2v) is 8.14. The minimum absolute atomic E-state index is 0.142. The number of carbonyl (C=O) groups is 2. The fourth-order valence-electron chi connectivity index (χ4n) is 4.66. The summed E-state index contributed by atoms with van der Waals surface area (Å²) in [5.74, 6) is -1.67. The van der Waals surface area contributed by atoms with Crippen LogP contribution in [0.2, 0.25) is 0 Å². The third-order valence-electron chi connectivity index (χ3n) is 6.23. The molecule has 1 saturated heterocycles. The maximum Gasteiger partial charge on any atom is 0.322 e. The van der Waals surface area contributed by atoms with E-state index in [-0.39, 0.29) is 11.4 Å². The first kappa shape index (κ1) is 20.7. The molecular formula is C24H23N5O4. The number of carboxylic acid groups (broad SMARTS) is 1. The zero-order chi connectivity index (χ0) is 22.9. The number of rotatable bonds is 5. The standard InChI is InChI=1S/C24H23N5O4/c30-19(31)13-25-24(33)21-22(32)17-7-4-8-18(20(17)23-26-14-27-29(21)23)28-11-9-16(10-12-28)15-5-2-1-3-6-15/h1-8,14,16,32H,9-13H2,(H,25,33)(H,30,31). The quantitative estimate of drug-likeness (QED) is 0.432. The average Bonchev–Trinajstić information content (AvgIpc) is 3.32. The fraction of sp³-hybridized carbons (Fsp3) is 0.250. The highest BCUT2D eigenvalue weighted by Gasteiger charge is 2.26. The van der Waals surface area contributed by atoms with Gasteiger partial charge in [-0.3, -0.25) is 9.59 Å². The van der Waals surface area contributed by atoms with Gasteiger partial charge in [-0.2, -0.15) is 5.10 Å². The maximum atomic E-state index is 12.6. The van der Waals surface area contributed by atoms with Gasteiger partial charge in [-0.05, 0) is 30.4 Å². The number of carboxylic acids is 1. The van der Waals surface area contributed by atoms with Gasteiger partial charge >= 0.3 is 5.97 Å². The molecule has 0 spiro atoms. The molecule has 168 valence electrons. The van der Waals surface area contributed by atoms with Crippen LogP contribution in [0.5, 0.6) is 5.75 Å². The van der Waals surface area contributed by atoms with Crippen LogP contribution in [-0.2, 0) is 4.79 Å². The number of hydrogen-bond acceptors (Lipinski definition) is 6. The molecule has 1 aliphatic rings. The Kier molecular flexibility index (Phi) is 5.29. The van der Waals surface area contributed by atoms with Crippen molar-refractivity contribution in [1.29, 1.82) is 0 Å². The third-order valence-corrected chi connectivity index (χ3v) is 6.23. The molecule has 33 heavy (non-hydrogen) atoms. The van der Waals surface area contributed by atoms with Gasteiger partial charge in [0.15, 0.2) is 17.1 Å². The molecule has 9 heteroatoms. The van der Waals surface area contributed by atoms with Crippen LogP contribution >= 0.6 is 0 Å². The lowest BCUT2D eigenvalue weighted by molar-refractivity contribution is -0.135. The van der Waals surface area contributed by atoms with Crippen molar-refractivity contribution >= 4 is 34.0 Å². The van der Waals surface area contributed by atoms with Crippen LogP contribution in [-0.4, -0.2) is 56.3 Å². The Hall–Kier alpha value is -4.14. The first-order valence-corrected chi connectivity index (χ1v) is 10.8. The summed E-state index contributed by atoms with van der Waals surface area (Å²) >= 11 is 0. The van der Waals surface area contributed by atoms with E-state index in [1.807, 2.05) is 18.2 Å². The van der Waals surface area contributed by atoms with Gasteiger partial charge in [-0.25, -0.2) is 9.50 Å². The monoisotopic (exact) mass is 445 g/mol. The molecule has 0 unspecified atom stereocenters. The number of nitrogens with one attached hydrogen (secondary N) is 1. The van der Waals surface area contributed by atoms with E-state index in [0.717, 1.165) is 31.6 Å². The molecule has 5 rings (SSSR count). The molecule has 0 aliphatic carbocycles. The number of carbonyl (C=O) groups excluding carboxylic acids is 1. The smallest absolute Gasteiger partial charge is 0.322 e. The van der Waals surface area contributed by atoms with Gasteiger partial charge in [0.25, 0.3) is 5.91 Å². The van der Waals surface area contributed by atoms with Gasteiger partial charge in [0.2, 0.25) is 0 Å². The number of aliphatic carboxylic acids is 1. The Morgan fingerprint density at radius 1 is 1.06 bits per heavy atom. The van der Waals surface area contributed by atoms with E-state index in [0.29, 0.717) is 22.3 Å². The van der Waals surface area contributed by atoms with Crippen LogP contribution < -0.4 is 10.2 Å². The van der Waals surface area contributed by atoms with Crippen molar-refractivity contribution in [2.75, 3.05) is 24.5 Å². The van der Waals surface area contributed by atoms with E-state index in [9.17, 15) is 14.7 Å². The number of pyridine rings is 1. The molecule has 4 aromatic rings. The molecule has 0 bridgehead atoms. The van der Waals surface area contributed by atoms with Crippen LogP contribution in [0.15, 0.2) is 54.9 Å². The van der Waals surface area contributed by atoms with E-state index < -0.39 is 18.4 Å². The molecular weight excluding hydrogens is 422 g/mol. The van der Waals surface area contributed by atoms with Crippen LogP contribution in [0.25, 0.3) is 16.4 Å². The molecule has 3 heterocycles. The third kappa shape index (κ3) is 3.71. The number of hydrogen-bond donors (Lipinski definition) is 3. The number of amides is 1. The fourth-order valence-corrected chi connectivity index (χ4v) is 4.66. The van der Waals surface area contributed by atoms with Crippen molar-refractivity contribution in [3.63, 3.8) is 0 Å². The van der Waals surface area contributed by atoms with Crippen molar-refractivity contribution in [2.45, 2.75) is 18.8 Å². The van der Waals surface area contributed by atoms with Gasteiger partial charge in [-0.15, -0.1) is 0 Å². The first-order valence-electron chi connectivity index (χ1n) is 10.8. The van der Waals surface area contributed by atoms with Crippen molar-refractivity contribution < 1.29 is 19.8 Å². The zero-order valence-corrected chi connectivity index (χ0v) is 17.8. The van der Waals surface area contributed by atoms with Crippen molar-refractivity contribution in [3.05, 3.63) is 66.1 Å². The lowest BCUT2D eigenvalue weighted by atomic mass is 9.89. The van der Waals surface area contributed by atoms with E-state index in [4.69, 9.17) is 5.11 Å². The maximum absolute atomic E-state index is 12.6. The molecule has 9 nitrogen and oxygen atoms in total. The van der Waals surface area contributed by atoms with Crippen molar-refractivity contribution in [2.24, 2.45) is 0 Å². The Morgan fingerprint density at radius 3 is 2.55 bits per heavy atom. The molecule has 0 atom stereocenters. The molecule has 1 aliphatic heterocycles. The van der Waals surface area contributed by atoms with Gasteiger partial charge in [0.05, 0.1) is 5.39 Å². The highest BCUT2D eigenvalue weighted by Crippen LogP contribution is 2.39. The van der Waals surface area contributed by atoms with E-state index in [2.05, 4.69) is 44.6 Å². The number of benzene rings is 2. The summed E-state index contributed by atoms with van der Waals surface area (Å²) < 4.78 is 1.27. The topological polar surface area (TPSA) is 120 Å². The number of anilines is 1. The largest absolute Gasteiger partial charge is 0.505 e. The van der Waals surface area contributed by atoms with Gasteiger partial charge in [-0.1, -0.05) is 42.5 Å². The number of fused-ring (bicyclic) bond motifs is 3. The number of piperidine rings is 1. The summed E-state index contributed by atoms with van der Waals surface area (Å²) in [6.45, 7) is 1.13. The van der Waals surface area contributed by atoms with Crippen molar-refractivity contribution in [3.8, 4) is 5.75 Å². The van der Waals surface area contributed by atoms with Crippen molar-refractivity contribution in [1.82, 2.24) is 19.9 Å². The number of aromatic nitrogens is 3. The minimum atomic E-state index is -1.18. The molecule has 2 aromatic carbocycles. The average molecular weight is 445 g/mol. The predicted octanol–water partition coefficient (Wildman–Crippen LogP) is 2.79. The molecule has 1 fully saturated rings. The minimum Gasteiger partial charge on any atom is -0.505 e. The summed E-state index contributed by atoms with van der Waals surface area (Å²) in [6, 6.07) is 16.1. The van der Waals surface area contributed by atoms with Crippen LogP contribution in [0, 0.1) is 0 Å². The van der Waals surface area contributed by atoms with E-state index >= 15 is 0 Å². The lowest BCUT2D eigenvalue weighted by Crippen LogP contribution is -2.33. The van der Waals surface area contributed by atoms with Gasteiger partial charge in [0.1, 0.15) is 12.9 Å². The normalized spacial score (nSPS) is 14.6. The SMILES string of the molecule is O=C(O)CNC(=O)c1c(O)c2cccc(N3CCC(c4ccccc4)CC3)c2c2ncnn12. The predicted molar refractivity (Wildman–Crippen MR) is 123 cm³/mol. The highest BCUT2D eigenvalue weighted by atomic mass is 16.4. The van der Waals surface area contributed by atoms with Gasteiger partial charge in [0, 0.05) is 24.2 Å². The molecule has 2 aromatic heterocycles. The van der Waals surface area contributed by atoms with E-state index in [1.165, 1.54) is 16.4 Å².